The second-order valence-electron chi connectivity index (χ2n) is 2.91. The molecule has 0 unspecified atom stereocenters. The minimum Gasteiger partial charge on any atom is -0.309 e. The van der Waals surface area contributed by atoms with Gasteiger partial charge in [-0.1, -0.05) is 6.08 Å². The molecule has 0 amide bonds. The summed E-state index contributed by atoms with van der Waals surface area (Å²) >= 11 is 0. The van der Waals surface area contributed by atoms with Gasteiger partial charge in [-0.2, -0.15) is 0 Å². The van der Waals surface area contributed by atoms with Crippen LogP contribution >= 0.6 is 0 Å². The van der Waals surface area contributed by atoms with Gasteiger partial charge in [-0.05, 0) is 25.5 Å². The van der Waals surface area contributed by atoms with E-state index in [1.807, 2.05) is 19.9 Å². The minimum absolute atomic E-state index is 0.0485. The van der Waals surface area contributed by atoms with Crippen molar-refractivity contribution in [1.29, 1.82) is 0 Å². The first-order valence-electron chi connectivity index (χ1n) is 3.94. The third-order valence-corrected chi connectivity index (χ3v) is 1.79. The number of hydrogen-bond acceptors (Lipinski definition) is 1. The van der Waals surface area contributed by atoms with Crippen LogP contribution in [-0.2, 0) is 6.54 Å². The molecule has 2 nitrogen and oxygen atoms in total. The molecule has 0 saturated carbocycles. The monoisotopic (exact) mass is 163 g/mol. The highest BCUT2D eigenvalue weighted by atomic mass is 16.1. The number of aromatic nitrogens is 1. The molecule has 1 aromatic rings. The summed E-state index contributed by atoms with van der Waals surface area (Å²) in [6, 6.07) is 3.63. The lowest BCUT2D eigenvalue weighted by molar-refractivity contribution is 0.745. The van der Waals surface area contributed by atoms with E-state index in [4.69, 9.17) is 0 Å². The Morgan fingerprint density at radius 3 is 2.67 bits per heavy atom. The molecule has 0 radical (unpaired) electrons. The van der Waals surface area contributed by atoms with E-state index in [2.05, 4.69) is 6.58 Å². The second-order valence-corrected chi connectivity index (χ2v) is 2.91. The fourth-order valence-corrected chi connectivity index (χ4v) is 1.26. The zero-order valence-electron chi connectivity index (χ0n) is 7.50. The number of allylic oxidation sites excluding steroid dienone is 1. The molecule has 1 heterocycles. The van der Waals surface area contributed by atoms with Crippen molar-refractivity contribution in [2.75, 3.05) is 0 Å². The summed E-state index contributed by atoms with van der Waals surface area (Å²) in [7, 11) is 0. The van der Waals surface area contributed by atoms with Gasteiger partial charge in [0.05, 0.1) is 0 Å². The molecule has 0 aliphatic carbocycles. The Kier molecular flexibility index (Phi) is 2.48. The number of pyridine rings is 1. The van der Waals surface area contributed by atoms with Gasteiger partial charge in [0.15, 0.2) is 0 Å². The van der Waals surface area contributed by atoms with Crippen LogP contribution in [0.2, 0.25) is 0 Å². The molecule has 0 saturated heterocycles. The molecule has 2 heteroatoms. The highest BCUT2D eigenvalue weighted by Gasteiger charge is 1.97. The predicted molar refractivity (Wildman–Crippen MR) is 50.4 cm³/mol. The topological polar surface area (TPSA) is 22.0 Å². The van der Waals surface area contributed by atoms with Crippen molar-refractivity contribution in [2.45, 2.75) is 20.4 Å². The van der Waals surface area contributed by atoms with Crippen molar-refractivity contribution in [3.05, 3.63) is 46.4 Å². The fourth-order valence-electron chi connectivity index (χ4n) is 1.26. The second kappa shape index (κ2) is 3.39. The van der Waals surface area contributed by atoms with E-state index in [0.717, 1.165) is 11.3 Å². The molecule has 1 aromatic heterocycles. The summed E-state index contributed by atoms with van der Waals surface area (Å²) in [5, 5.41) is 0. The first-order valence-corrected chi connectivity index (χ1v) is 3.94. The Balaban J connectivity index is 3.28. The molecule has 0 atom stereocenters. The van der Waals surface area contributed by atoms with Gasteiger partial charge >= 0.3 is 0 Å². The maximum atomic E-state index is 11.4. The summed E-state index contributed by atoms with van der Waals surface area (Å²) < 4.78 is 1.69. The van der Waals surface area contributed by atoms with Crippen LogP contribution in [0.25, 0.3) is 0 Å². The van der Waals surface area contributed by atoms with Crippen molar-refractivity contribution in [3.63, 3.8) is 0 Å². The highest BCUT2D eigenvalue weighted by molar-refractivity contribution is 5.15. The average molecular weight is 163 g/mol. The lowest BCUT2D eigenvalue weighted by Gasteiger charge is -2.06. The summed E-state index contributed by atoms with van der Waals surface area (Å²) in [6.07, 6.45) is 1.73. The molecular weight excluding hydrogens is 150 g/mol. The summed E-state index contributed by atoms with van der Waals surface area (Å²) in [5.41, 5.74) is 2.05. The zero-order valence-corrected chi connectivity index (χ0v) is 7.50. The van der Waals surface area contributed by atoms with E-state index >= 15 is 0 Å². The molecule has 0 aliphatic heterocycles. The Hall–Kier alpha value is -1.31. The van der Waals surface area contributed by atoms with Crippen LogP contribution in [0.5, 0.6) is 0 Å². The predicted octanol–water partition coefficient (Wildman–Crippen LogP) is 1.65. The fraction of sp³-hybridized carbons (Fsp3) is 0.300. The van der Waals surface area contributed by atoms with Gasteiger partial charge in [-0.15, -0.1) is 6.58 Å². The maximum absolute atomic E-state index is 11.4. The van der Waals surface area contributed by atoms with E-state index < -0.39 is 0 Å². The number of nitrogens with zero attached hydrogens (tertiary/aromatic N) is 1. The lowest BCUT2D eigenvalue weighted by Crippen LogP contribution is -2.20. The third-order valence-electron chi connectivity index (χ3n) is 1.79. The van der Waals surface area contributed by atoms with Gasteiger partial charge in [0, 0.05) is 18.3 Å². The van der Waals surface area contributed by atoms with Crippen LogP contribution in [-0.4, -0.2) is 4.57 Å². The van der Waals surface area contributed by atoms with Crippen LogP contribution in [0.3, 0.4) is 0 Å². The zero-order chi connectivity index (χ0) is 9.14. The molecule has 0 bridgehead atoms. The molecule has 0 spiro atoms. The molecule has 12 heavy (non-hydrogen) atoms. The number of hydrogen-bond donors (Lipinski definition) is 0. The van der Waals surface area contributed by atoms with Crippen molar-refractivity contribution < 1.29 is 0 Å². The summed E-state index contributed by atoms with van der Waals surface area (Å²) in [4.78, 5) is 11.4. The molecule has 1 rings (SSSR count). The number of aryl methyl sites for hydroxylation is 2. The SMILES string of the molecule is C=CCn1c(C)cc(C)cc1=O. The minimum atomic E-state index is 0.0485. The van der Waals surface area contributed by atoms with Crippen LogP contribution in [0.15, 0.2) is 29.6 Å². The van der Waals surface area contributed by atoms with Crippen molar-refractivity contribution in [1.82, 2.24) is 4.57 Å². The molecule has 64 valence electrons. The molecular formula is C10H13NO. The summed E-state index contributed by atoms with van der Waals surface area (Å²) in [5.74, 6) is 0. The highest BCUT2D eigenvalue weighted by Crippen LogP contribution is 1.98. The van der Waals surface area contributed by atoms with E-state index in [0.29, 0.717) is 6.54 Å². The van der Waals surface area contributed by atoms with Crippen LogP contribution in [0, 0.1) is 13.8 Å². The van der Waals surface area contributed by atoms with Crippen LogP contribution in [0.4, 0.5) is 0 Å². The Bertz CT molecular complexity index is 349. The van der Waals surface area contributed by atoms with Crippen molar-refractivity contribution in [2.24, 2.45) is 0 Å². The van der Waals surface area contributed by atoms with Gasteiger partial charge in [0.1, 0.15) is 0 Å². The van der Waals surface area contributed by atoms with Crippen LogP contribution in [0.1, 0.15) is 11.3 Å². The normalized spacial score (nSPS) is 9.83. The van der Waals surface area contributed by atoms with E-state index in [1.165, 1.54) is 0 Å². The smallest absolute Gasteiger partial charge is 0.251 e. The molecule has 0 N–H and O–H groups in total. The third kappa shape index (κ3) is 1.64. The molecule has 0 fully saturated rings. The van der Waals surface area contributed by atoms with Gasteiger partial charge < -0.3 is 4.57 Å². The Labute approximate surface area is 72.2 Å². The van der Waals surface area contributed by atoms with Crippen LogP contribution < -0.4 is 5.56 Å². The summed E-state index contributed by atoms with van der Waals surface area (Å²) in [6.45, 7) is 8.04. The van der Waals surface area contributed by atoms with E-state index in [1.54, 1.807) is 16.7 Å². The van der Waals surface area contributed by atoms with Gasteiger partial charge in [-0.25, -0.2) is 0 Å². The average Bonchev–Trinajstić information content (AvgIpc) is 1.96. The largest absolute Gasteiger partial charge is 0.309 e. The maximum Gasteiger partial charge on any atom is 0.251 e. The van der Waals surface area contributed by atoms with Gasteiger partial charge in [0.2, 0.25) is 0 Å². The number of rotatable bonds is 2. The Morgan fingerprint density at radius 1 is 1.50 bits per heavy atom. The van der Waals surface area contributed by atoms with Gasteiger partial charge in [0.25, 0.3) is 5.56 Å². The van der Waals surface area contributed by atoms with E-state index in [-0.39, 0.29) is 5.56 Å². The molecule has 0 aliphatic rings. The van der Waals surface area contributed by atoms with Crippen molar-refractivity contribution in [3.8, 4) is 0 Å². The standard InChI is InChI=1S/C10H13NO/c1-4-5-11-9(3)6-8(2)7-10(11)12/h4,6-7H,1,5H2,2-3H3. The first-order chi connectivity index (χ1) is 5.65. The Morgan fingerprint density at radius 2 is 2.17 bits per heavy atom. The first kappa shape index (κ1) is 8.78. The lowest BCUT2D eigenvalue weighted by atomic mass is 10.2. The quantitative estimate of drug-likeness (QED) is 0.608. The van der Waals surface area contributed by atoms with Crippen molar-refractivity contribution >= 4 is 0 Å². The molecule has 0 aromatic carbocycles. The van der Waals surface area contributed by atoms with Gasteiger partial charge in [-0.3, -0.25) is 4.79 Å². The van der Waals surface area contributed by atoms with E-state index in [9.17, 15) is 4.79 Å².